The third kappa shape index (κ3) is 2.91. The molecule has 1 atom stereocenters. The lowest BCUT2D eigenvalue weighted by Gasteiger charge is -2.05. The highest BCUT2D eigenvalue weighted by atomic mass is 16.5. The summed E-state index contributed by atoms with van der Waals surface area (Å²) in [5.74, 6) is -1.22. The van der Waals surface area contributed by atoms with Crippen LogP contribution in [0.5, 0.6) is 5.88 Å². The SMILES string of the molecule is NC(=O)n1cc(OC[C@H](N)C(=O)O)nn1. The Kier molecular flexibility index (Phi) is 3.18. The number of aromatic nitrogens is 3. The van der Waals surface area contributed by atoms with E-state index in [1.165, 1.54) is 0 Å². The average Bonchev–Trinajstić information content (AvgIpc) is 2.62. The zero-order valence-electron chi connectivity index (χ0n) is 7.53. The van der Waals surface area contributed by atoms with Gasteiger partial charge in [0, 0.05) is 0 Å². The van der Waals surface area contributed by atoms with Crippen molar-refractivity contribution in [1.82, 2.24) is 15.0 Å². The van der Waals surface area contributed by atoms with E-state index in [0.717, 1.165) is 10.9 Å². The Labute approximate surface area is 83.6 Å². The number of primary amides is 1. The van der Waals surface area contributed by atoms with Crippen LogP contribution in [0.4, 0.5) is 4.79 Å². The van der Waals surface area contributed by atoms with Crippen LogP contribution in [0.1, 0.15) is 0 Å². The number of carboxylic acid groups (broad SMARTS) is 1. The molecule has 82 valence electrons. The molecule has 1 aromatic rings. The van der Waals surface area contributed by atoms with Gasteiger partial charge in [0.1, 0.15) is 12.6 Å². The number of hydrogen-bond acceptors (Lipinski definition) is 6. The topological polar surface area (TPSA) is 146 Å². The molecule has 5 N–H and O–H groups in total. The van der Waals surface area contributed by atoms with Crippen molar-refractivity contribution in [2.75, 3.05) is 6.61 Å². The molecule has 1 aromatic heterocycles. The normalized spacial score (nSPS) is 12.1. The predicted octanol–water partition coefficient (Wildman–Crippen LogP) is -2.00. The van der Waals surface area contributed by atoms with E-state index < -0.39 is 18.0 Å². The van der Waals surface area contributed by atoms with Crippen LogP contribution >= 0.6 is 0 Å². The molecule has 9 heteroatoms. The zero-order valence-corrected chi connectivity index (χ0v) is 7.53. The molecule has 0 fully saturated rings. The summed E-state index contributed by atoms with van der Waals surface area (Å²) in [6.45, 7) is -0.271. The molecule has 1 heterocycles. The summed E-state index contributed by atoms with van der Waals surface area (Å²) in [5.41, 5.74) is 10.0. The van der Waals surface area contributed by atoms with Crippen molar-refractivity contribution < 1.29 is 19.4 Å². The first-order valence-electron chi connectivity index (χ1n) is 3.84. The number of ether oxygens (including phenoxy) is 1. The summed E-state index contributed by atoms with van der Waals surface area (Å²) in [7, 11) is 0. The number of aliphatic carboxylic acids is 1. The number of nitrogens with zero attached hydrogens (tertiary/aromatic N) is 3. The van der Waals surface area contributed by atoms with Gasteiger partial charge in [0.2, 0.25) is 0 Å². The fourth-order valence-corrected chi connectivity index (χ4v) is 0.669. The van der Waals surface area contributed by atoms with Crippen molar-refractivity contribution in [3.63, 3.8) is 0 Å². The van der Waals surface area contributed by atoms with E-state index in [-0.39, 0.29) is 12.5 Å². The van der Waals surface area contributed by atoms with E-state index in [1.54, 1.807) is 0 Å². The Bertz CT molecular complexity index is 375. The summed E-state index contributed by atoms with van der Waals surface area (Å²) in [4.78, 5) is 20.9. The monoisotopic (exact) mass is 215 g/mol. The van der Waals surface area contributed by atoms with Crippen molar-refractivity contribution in [2.45, 2.75) is 6.04 Å². The van der Waals surface area contributed by atoms with Gasteiger partial charge in [-0.2, -0.15) is 4.68 Å². The van der Waals surface area contributed by atoms with Crippen LogP contribution in [0.15, 0.2) is 6.20 Å². The largest absolute Gasteiger partial charge is 0.480 e. The average molecular weight is 215 g/mol. The fourth-order valence-electron chi connectivity index (χ4n) is 0.669. The quantitative estimate of drug-likeness (QED) is 0.526. The van der Waals surface area contributed by atoms with Gasteiger partial charge in [0.25, 0.3) is 5.88 Å². The first kappa shape index (κ1) is 10.9. The number of rotatable bonds is 4. The minimum atomic E-state index is -1.20. The van der Waals surface area contributed by atoms with Gasteiger partial charge in [-0.3, -0.25) is 4.79 Å². The third-order valence-electron chi connectivity index (χ3n) is 1.43. The van der Waals surface area contributed by atoms with Gasteiger partial charge >= 0.3 is 12.0 Å². The predicted molar refractivity (Wildman–Crippen MR) is 46.1 cm³/mol. The van der Waals surface area contributed by atoms with Crippen LogP contribution in [0.25, 0.3) is 0 Å². The molecule has 1 rings (SSSR count). The molecule has 0 spiro atoms. The third-order valence-corrected chi connectivity index (χ3v) is 1.43. The van der Waals surface area contributed by atoms with Crippen molar-refractivity contribution >= 4 is 12.0 Å². The Balaban J connectivity index is 2.51. The van der Waals surface area contributed by atoms with Gasteiger partial charge < -0.3 is 21.3 Å². The van der Waals surface area contributed by atoms with Crippen LogP contribution in [-0.4, -0.2) is 44.7 Å². The molecule has 1 amide bonds. The van der Waals surface area contributed by atoms with Crippen LogP contribution in [0.3, 0.4) is 0 Å². The lowest BCUT2D eigenvalue weighted by molar-refractivity contribution is -0.139. The summed E-state index contributed by atoms with van der Waals surface area (Å²) in [6, 6.07) is -1.98. The second kappa shape index (κ2) is 4.37. The molecule has 0 aliphatic heterocycles. The molecule has 15 heavy (non-hydrogen) atoms. The number of amides is 1. The lowest BCUT2D eigenvalue weighted by atomic mass is 10.3. The maximum Gasteiger partial charge on any atom is 0.341 e. The van der Waals surface area contributed by atoms with E-state index >= 15 is 0 Å². The molecule has 0 unspecified atom stereocenters. The number of carbonyl (C=O) groups excluding carboxylic acids is 1. The van der Waals surface area contributed by atoms with E-state index in [4.69, 9.17) is 21.3 Å². The van der Waals surface area contributed by atoms with Crippen LogP contribution < -0.4 is 16.2 Å². The number of carbonyl (C=O) groups is 2. The maximum atomic E-state index is 10.6. The van der Waals surface area contributed by atoms with E-state index in [2.05, 4.69) is 10.3 Å². The second-order valence-corrected chi connectivity index (χ2v) is 2.60. The molecule has 0 bridgehead atoms. The molecule has 0 saturated heterocycles. The van der Waals surface area contributed by atoms with Crippen LogP contribution in [-0.2, 0) is 4.79 Å². The Morgan fingerprint density at radius 2 is 2.33 bits per heavy atom. The van der Waals surface area contributed by atoms with Crippen molar-refractivity contribution in [2.24, 2.45) is 11.5 Å². The highest BCUT2D eigenvalue weighted by Crippen LogP contribution is 2.02. The smallest absolute Gasteiger partial charge is 0.341 e. The van der Waals surface area contributed by atoms with E-state index in [0.29, 0.717) is 0 Å². The zero-order chi connectivity index (χ0) is 11.4. The van der Waals surface area contributed by atoms with Crippen molar-refractivity contribution in [3.8, 4) is 5.88 Å². The molecule has 0 aromatic carbocycles. The van der Waals surface area contributed by atoms with E-state index in [9.17, 15) is 9.59 Å². The lowest BCUT2D eigenvalue weighted by Crippen LogP contribution is -2.36. The minimum absolute atomic E-state index is 0.0227. The Morgan fingerprint density at radius 3 is 2.80 bits per heavy atom. The minimum Gasteiger partial charge on any atom is -0.480 e. The molecule has 9 nitrogen and oxygen atoms in total. The highest BCUT2D eigenvalue weighted by Gasteiger charge is 2.13. The number of nitrogens with two attached hydrogens (primary N) is 2. The summed E-state index contributed by atoms with van der Waals surface area (Å²) in [6.07, 6.45) is 1.12. The summed E-state index contributed by atoms with van der Waals surface area (Å²) in [5, 5.41) is 15.2. The molecule has 0 radical (unpaired) electrons. The van der Waals surface area contributed by atoms with Gasteiger partial charge in [-0.1, -0.05) is 10.3 Å². The molecular weight excluding hydrogens is 206 g/mol. The maximum absolute atomic E-state index is 10.6. The van der Waals surface area contributed by atoms with Crippen LogP contribution in [0, 0.1) is 0 Å². The first-order chi connectivity index (χ1) is 7.00. The molecule has 0 aliphatic rings. The van der Waals surface area contributed by atoms with Gasteiger partial charge in [-0.05, 0) is 0 Å². The standard InChI is InChI=1S/C6H9N5O4/c7-3(5(12)13)2-15-4-1-11(6(8)14)10-9-4/h1,3H,2,7H2,(H2,8,14)(H,12,13)/t3-/m0/s1. The molecule has 0 aliphatic carbocycles. The van der Waals surface area contributed by atoms with Gasteiger partial charge in [0.15, 0.2) is 0 Å². The fraction of sp³-hybridized carbons (Fsp3) is 0.333. The second-order valence-electron chi connectivity index (χ2n) is 2.60. The van der Waals surface area contributed by atoms with Gasteiger partial charge in [-0.25, -0.2) is 4.79 Å². The van der Waals surface area contributed by atoms with Gasteiger partial charge in [-0.15, -0.1) is 0 Å². The summed E-state index contributed by atoms with van der Waals surface area (Å²) >= 11 is 0. The van der Waals surface area contributed by atoms with Crippen molar-refractivity contribution in [1.29, 1.82) is 0 Å². The van der Waals surface area contributed by atoms with E-state index in [1.807, 2.05) is 0 Å². The van der Waals surface area contributed by atoms with Crippen molar-refractivity contribution in [3.05, 3.63) is 6.20 Å². The van der Waals surface area contributed by atoms with Gasteiger partial charge in [0.05, 0.1) is 6.20 Å². The number of hydrogen-bond donors (Lipinski definition) is 3. The number of carboxylic acids is 1. The molecular formula is C6H9N5O4. The Morgan fingerprint density at radius 1 is 1.67 bits per heavy atom. The first-order valence-corrected chi connectivity index (χ1v) is 3.84. The molecule has 0 saturated carbocycles. The highest BCUT2D eigenvalue weighted by molar-refractivity contribution is 5.73. The van der Waals surface area contributed by atoms with Crippen LogP contribution in [0.2, 0.25) is 0 Å². The Hall–Kier alpha value is -2.16. The summed E-state index contributed by atoms with van der Waals surface area (Å²) < 4.78 is 5.60.